The third-order valence-corrected chi connectivity index (χ3v) is 20.9. The van der Waals surface area contributed by atoms with Crippen LogP contribution in [0.15, 0.2) is 130 Å². The Balaban J connectivity index is 1.03. The number of Topliss-reactive ketones (excluding diaryl/α,β-unsaturated/α-hetero) is 1. The van der Waals surface area contributed by atoms with Crippen molar-refractivity contribution in [2.24, 2.45) is 45.5 Å². The molecule has 3 saturated carbocycles. The minimum absolute atomic E-state index is 0.0406. The summed E-state index contributed by atoms with van der Waals surface area (Å²) in [7, 11) is 0. The third-order valence-electron chi connectivity index (χ3n) is 20.9. The van der Waals surface area contributed by atoms with Gasteiger partial charge in [0, 0.05) is 67.6 Å². The Labute approximate surface area is 520 Å². The van der Waals surface area contributed by atoms with E-state index in [4.69, 9.17) is 16.2 Å². The molecule has 0 radical (unpaired) electrons. The Morgan fingerprint density at radius 1 is 0.909 bits per heavy atom. The number of hydrogen-bond donors (Lipinski definition) is 11. The van der Waals surface area contributed by atoms with Gasteiger partial charge in [-0.3, -0.25) is 14.9 Å². The van der Waals surface area contributed by atoms with Crippen molar-refractivity contribution in [3.8, 4) is 29.6 Å². The summed E-state index contributed by atoms with van der Waals surface area (Å²) in [5.41, 5.74) is 17.7. The number of guanidine groups is 1. The zero-order valence-corrected chi connectivity index (χ0v) is 51.8. The lowest BCUT2D eigenvalue weighted by Gasteiger charge is -2.56. The summed E-state index contributed by atoms with van der Waals surface area (Å²) in [5, 5.41) is 76.2. The number of allylic oxidation sites excluding steroid dienone is 5. The molecule has 1 amide bonds. The van der Waals surface area contributed by atoms with E-state index in [-0.39, 0.29) is 62.7 Å². The summed E-state index contributed by atoms with van der Waals surface area (Å²) in [6.07, 6.45) is 16.3. The van der Waals surface area contributed by atoms with Gasteiger partial charge in [0.05, 0.1) is 30.0 Å². The second kappa shape index (κ2) is 28.5. The van der Waals surface area contributed by atoms with E-state index in [1.54, 1.807) is 12.1 Å². The highest BCUT2D eigenvalue weighted by molar-refractivity contribution is 5.98. The highest BCUT2D eigenvalue weighted by Crippen LogP contribution is 2.63. The van der Waals surface area contributed by atoms with Gasteiger partial charge in [-0.05, 0) is 172 Å². The first-order valence-electron chi connectivity index (χ1n) is 32.2. The summed E-state index contributed by atoms with van der Waals surface area (Å²) in [6.45, 7) is 11.9. The van der Waals surface area contributed by atoms with Gasteiger partial charge in [-0.15, -0.1) is 0 Å². The number of amides is 1. The molecule has 3 aromatic carbocycles. The molecule has 0 saturated heterocycles. The Kier molecular flexibility index (Phi) is 20.8. The smallest absolute Gasteiger partial charge is 0.243 e. The summed E-state index contributed by atoms with van der Waals surface area (Å²) in [5.74, 6) is 7.86. The number of fused-ring (bicyclic) bond motifs is 5. The van der Waals surface area contributed by atoms with E-state index < -0.39 is 70.6 Å². The Hall–Kier alpha value is -6.63. The van der Waals surface area contributed by atoms with E-state index >= 15 is 4.79 Å². The van der Waals surface area contributed by atoms with Crippen LogP contribution in [0.4, 0.5) is 0 Å². The van der Waals surface area contributed by atoms with E-state index in [0.717, 1.165) is 46.4 Å². The number of aliphatic imine (C=N–C) groups is 1. The fourth-order valence-corrected chi connectivity index (χ4v) is 15.9. The molecule has 12 atom stereocenters. The number of carbonyl (C=O) groups excluding carboxylic acids is 2. The molecule has 3 aromatic rings. The number of benzene rings is 3. The van der Waals surface area contributed by atoms with E-state index in [9.17, 15) is 30.3 Å². The molecule has 3 fully saturated rings. The van der Waals surface area contributed by atoms with Gasteiger partial charge in [0.2, 0.25) is 11.9 Å². The van der Waals surface area contributed by atoms with Gasteiger partial charge in [-0.2, -0.15) is 4.99 Å². The highest BCUT2D eigenvalue weighted by Gasteiger charge is 2.64. The normalized spacial score (nSPS) is 34.0. The summed E-state index contributed by atoms with van der Waals surface area (Å²) in [6, 6.07) is 22.2. The fraction of sp³-hybridized carbons (Fsp3) is 0.521. The predicted octanol–water partition coefficient (Wildman–Crippen LogP) is 8.13. The van der Waals surface area contributed by atoms with Crippen LogP contribution in [0.1, 0.15) is 162 Å². The average Bonchev–Trinajstić information content (AvgIpc) is 1.44. The number of aromatic hydroxyl groups is 1. The zero-order chi connectivity index (χ0) is 62.2. The van der Waals surface area contributed by atoms with Gasteiger partial charge < -0.3 is 57.7 Å². The van der Waals surface area contributed by atoms with Gasteiger partial charge in [0.15, 0.2) is 5.78 Å². The molecule has 15 heteroatoms. The molecule has 3 aliphatic carbocycles. The van der Waals surface area contributed by atoms with Crippen LogP contribution in [0.3, 0.4) is 0 Å². The number of aliphatic hydroxyl groups is 4. The van der Waals surface area contributed by atoms with Gasteiger partial charge in [0.1, 0.15) is 24.6 Å². The second-order valence-corrected chi connectivity index (χ2v) is 26.6. The fourth-order valence-electron chi connectivity index (χ4n) is 15.9. The molecule has 13 N–H and O–H groups in total. The quantitative estimate of drug-likeness (QED) is 0.0853. The number of hydrogen-bond acceptors (Lipinski definition) is 14. The maximum Gasteiger partial charge on any atom is 0.243 e. The molecule has 7 aliphatic rings. The van der Waals surface area contributed by atoms with Crippen molar-refractivity contribution in [1.82, 2.24) is 21.3 Å². The topological polar surface area (TPSA) is 257 Å². The highest BCUT2D eigenvalue weighted by atomic mass is 16.5. The minimum Gasteiger partial charge on any atom is -0.508 e. The third kappa shape index (κ3) is 14.5. The number of nitrogens with two attached hydrogens (primary N) is 2. The molecule has 2 bridgehead atoms. The summed E-state index contributed by atoms with van der Waals surface area (Å²) < 4.78 is 6.32. The van der Waals surface area contributed by atoms with Crippen LogP contribution in [0.25, 0.3) is 0 Å². The molecular formula is C73H93N7O8. The van der Waals surface area contributed by atoms with E-state index in [2.05, 4.69) is 87.9 Å². The molecule has 0 unspecified atom stereocenters. The Bertz CT molecular complexity index is 3330. The molecule has 0 aromatic heterocycles. The summed E-state index contributed by atoms with van der Waals surface area (Å²) >= 11 is 0. The lowest BCUT2D eigenvalue weighted by molar-refractivity contribution is -0.168. The number of carbonyl (C=O) groups is 2. The van der Waals surface area contributed by atoms with Gasteiger partial charge >= 0.3 is 0 Å². The maximum absolute atomic E-state index is 15.4. The lowest BCUT2D eigenvalue weighted by atomic mass is 9.52. The van der Waals surface area contributed by atoms with Crippen molar-refractivity contribution < 1.29 is 39.9 Å². The summed E-state index contributed by atoms with van der Waals surface area (Å²) in [4.78, 5) is 34.1. The largest absolute Gasteiger partial charge is 0.508 e. The van der Waals surface area contributed by atoms with Crippen molar-refractivity contribution in [2.75, 3.05) is 32.8 Å². The van der Waals surface area contributed by atoms with Crippen LogP contribution < -0.4 is 32.7 Å². The van der Waals surface area contributed by atoms with E-state index in [1.165, 1.54) is 37.7 Å². The molecule has 468 valence electrons. The SMILES string of the molecule is C=C1/C=C/C=C(\[C@H]2CC[C@@]3([C@@H]4CC[C@@H](O)Cc5cccc(c5)C[C@@H]5[C@@H](c6ccc(O)cc6)CNC(N)=NC#CC[C@]5(O)CN[C@H]5C(=O)N[C@@H](N)c6cccc(c65)CC(=O)C(C)=C4CC[C@@]3(C)O)[C@@H]2O)COCC#CC/C(C)=C/C[C@@H]1NCC1CCCCC1. The number of phenols is 1. The maximum atomic E-state index is 15.4. The molecule has 15 nitrogen and oxygen atoms in total. The minimum atomic E-state index is -1.64. The molecule has 10 rings (SSSR count). The predicted molar refractivity (Wildman–Crippen MR) is 345 cm³/mol. The van der Waals surface area contributed by atoms with Crippen LogP contribution in [-0.4, -0.2) is 105 Å². The van der Waals surface area contributed by atoms with E-state index in [1.807, 2.05) is 68.5 Å². The molecule has 4 aliphatic heterocycles. The number of ketones is 1. The molecule has 88 heavy (non-hydrogen) atoms. The zero-order valence-electron chi connectivity index (χ0n) is 51.8. The van der Waals surface area contributed by atoms with Crippen molar-refractivity contribution in [3.63, 3.8) is 0 Å². The Morgan fingerprint density at radius 2 is 1.68 bits per heavy atom. The van der Waals surface area contributed by atoms with Crippen molar-refractivity contribution in [3.05, 3.63) is 159 Å². The lowest BCUT2D eigenvalue weighted by Crippen LogP contribution is -2.59. The van der Waals surface area contributed by atoms with Crippen LogP contribution in [-0.2, 0) is 33.6 Å². The van der Waals surface area contributed by atoms with Crippen molar-refractivity contribution in [1.29, 1.82) is 0 Å². The van der Waals surface area contributed by atoms with Crippen LogP contribution in [0.5, 0.6) is 5.75 Å². The van der Waals surface area contributed by atoms with Crippen molar-refractivity contribution >= 4 is 17.6 Å². The van der Waals surface area contributed by atoms with Gasteiger partial charge in [-0.1, -0.05) is 134 Å². The Morgan fingerprint density at radius 3 is 2.48 bits per heavy atom. The first-order chi connectivity index (χ1) is 42.3. The molecule has 1 spiro atoms. The number of aliphatic hydroxyl groups excluding tert-OH is 2. The van der Waals surface area contributed by atoms with Crippen LogP contribution >= 0.6 is 0 Å². The number of rotatable bonds is 5. The first kappa shape index (κ1) is 64.4. The second-order valence-electron chi connectivity index (χ2n) is 26.6. The van der Waals surface area contributed by atoms with Gasteiger partial charge in [0.25, 0.3) is 0 Å². The number of β-amino-alcohol motifs (C(OH)–C–C–N with tert-alkyl or cyclic N) is 1. The monoisotopic (exact) mass is 1200 g/mol. The molecular weight excluding hydrogens is 1100 g/mol. The van der Waals surface area contributed by atoms with E-state index in [0.29, 0.717) is 86.0 Å². The first-order valence-corrected chi connectivity index (χ1v) is 32.2. The number of phenolic OH excluding ortho intramolecular Hbond substituents is 1. The van der Waals surface area contributed by atoms with Crippen LogP contribution in [0.2, 0.25) is 0 Å². The number of ether oxygens (including phenoxy) is 1. The average molecular weight is 1200 g/mol. The number of nitrogens with zero attached hydrogens (tertiary/aromatic N) is 1. The van der Waals surface area contributed by atoms with Crippen molar-refractivity contribution in [2.45, 2.75) is 178 Å². The number of nitrogens with one attached hydrogen (secondary N) is 4. The van der Waals surface area contributed by atoms with Crippen LogP contribution in [0, 0.1) is 52.9 Å². The van der Waals surface area contributed by atoms with Gasteiger partial charge in [-0.25, -0.2) is 0 Å². The molecule has 4 heterocycles. The standard InChI is InChI=1S/C73H93N7O8/c1-46-14-8-9-37-88-44-54(21-10-15-47(2)63(30-23-46)77-42-49-16-6-5-7-17-49)58-32-35-73(67(58)84)61-29-28-56(82)39-50-18-11-19-51(38-50)40-62-60(52-24-26-55(81)27-25-52)43-78-70(75)76-36-13-33-72(62,87)45-79-66-65-53(20-12-22-59(65)68(74)80-69(66)85)41-64(83)48(3)57(61)31-34-71(73,4)86/h10-12,15,18-27,38,49,56,58,60-63,66-68,77,79,81-82,84,86-87H,2,5-7,14,16-17,28-35,37,39-45,74H2,1,3-4H3,(H,80,85)(H3,75,76,78)/b15-10+,46-23+,54-21-,57-48?/t56-,58-,60-,61-,62-,63+,66-,67-,68-,71-,72+,73-/m1/s1.